The fraction of sp³-hybridized carbons (Fsp3) is 0.208. The highest BCUT2D eigenvalue weighted by molar-refractivity contribution is 5.87. The maximum Gasteiger partial charge on any atom is 0.407 e. The summed E-state index contributed by atoms with van der Waals surface area (Å²) in [7, 11) is 0. The number of benzene rings is 2. The van der Waals surface area contributed by atoms with E-state index in [2.05, 4.69) is 32.7 Å². The number of hydrogen-bond donors (Lipinski definition) is 3. The summed E-state index contributed by atoms with van der Waals surface area (Å²) in [6, 6.07) is 15.2. The predicted octanol–water partition coefficient (Wildman–Crippen LogP) is 2.72. The van der Waals surface area contributed by atoms with Crippen molar-refractivity contribution in [3.63, 3.8) is 0 Å². The molecule has 1 heterocycles. The van der Waals surface area contributed by atoms with Crippen LogP contribution in [0.2, 0.25) is 0 Å². The molecule has 33 heavy (non-hydrogen) atoms. The number of hydrogen-bond acceptors (Lipinski definition) is 6. The number of alkyl carbamates (subject to hydrolysis) is 1. The zero-order chi connectivity index (χ0) is 23.4. The number of ether oxygens (including phenoxy) is 1. The van der Waals surface area contributed by atoms with Crippen LogP contribution in [0.4, 0.5) is 4.79 Å². The lowest BCUT2D eigenvalue weighted by molar-refractivity contribution is -0.122. The molecule has 1 aliphatic rings. The number of aromatic nitrogens is 2. The Morgan fingerprint density at radius 1 is 1.00 bits per heavy atom. The number of carbonyl (C=O) groups excluding carboxylic acids is 2. The Kier molecular flexibility index (Phi) is 6.30. The first-order valence-electron chi connectivity index (χ1n) is 10.4. The van der Waals surface area contributed by atoms with E-state index in [9.17, 15) is 14.4 Å². The molecule has 0 fully saturated rings. The quantitative estimate of drug-likeness (QED) is 0.509. The van der Waals surface area contributed by atoms with E-state index in [1.807, 2.05) is 36.4 Å². The normalized spacial score (nSPS) is 12.9. The van der Waals surface area contributed by atoms with E-state index >= 15 is 0 Å². The molecule has 2 amide bonds. The smallest absolute Gasteiger partial charge is 0.407 e. The molecule has 0 aliphatic heterocycles. The SMILES string of the molecule is C[C@H](NC(=O)OCC1c2ccccc2-c2ccccc21)C(=O)NCc1ncc(C(=O)O)cn1. The average molecular weight is 446 g/mol. The van der Waals surface area contributed by atoms with Gasteiger partial charge >= 0.3 is 12.1 Å². The summed E-state index contributed by atoms with van der Waals surface area (Å²) < 4.78 is 5.45. The van der Waals surface area contributed by atoms with Gasteiger partial charge in [0, 0.05) is 18.3 Å². The van der Waals surface area contributed by atoms with Gasteiger partial charge in [0.2, 0.25) is 5.91 Å². The van der Waals surface area contributed by atoms with Crippen LogP contribution < -0.4 is 10.6 Å². The number of carboxylic acid groups (broad SMARTS) is 1. The topological polar surface area (TPSA) is 131 Å². The molecule has 0 spiro atoms. The third kappa shape index (κ3) is 4.82. The van der Waals surface area contributed by atoms with Gasteiger partial charge in [-0.05, 0) is 29.2 Å². The van der Waals surface area contributed by atoms with E-state index in [1.165, 1.54) is 6.92 Å². The fourth-order valence-electron chi connectivity index (χ4n) is 3.76. The van der Waals surface area contributed by atoms with Gasteiger partial charge in [-0.3, -0.25) is 4.79 Å². The molecule has 9 heteroatoms. The van der Waals surface area contributed by atoms with Gasteiger partial charge < -0.3 is 20.5 Å². The second-order valence-corrected chi connectivity index (χ2v) is 7.60. The number of carbonyl (C=O) groups is 3. The Hall–Kier alpha value is -4.27. The number of aromatic carboxylic acids is 1. The zero-order valence-corrected chi connectivity index (χ0v) is 17.8. The first-order valence-corrected chi connectivity index (χ1v) is 10.4. The maximum absolute atomic E-state index is 12.3. The number of amides is 2. The Morgan fingerprint density at radius 2 is 1.58 bits per heavy atom. The second kappa shape index (κ2) is 9.47. The Morgan fingerprint density at radius 3 is 2.15 bits per heavy atom. The second-order valence-electron chi connectivity index (χ2n) is 7.60. The fourth-order valence-corrected chi connectivity index (χ4v) is 3.76. The molecule has 3 N–H and O–H groups in total. The summed E-state index contributed by atoms with van der Waals surface area (Å²) in [5.74, 6) is -1.40. The third-order valence-corrected chi connectivity index (χ3v) is 5.44. The van der Waals surface area contributed by atoms with Crippen LogP contribution in [-0.4, -0.2) is 45.7 Å². The van der Waals surface area contributed by atoms with E-state index in [4.69, 9.17) is 9.84 Å². The molecule has 0 saturated heterocycles. The van der Waals surface area contributed by atoms with E-state index < -0.39 is 24.0 Å². The first-order chi connectivity index (χ1) is 15.9. The van der Waals surface area contributed by atoms with Crippen LogP contribution in [0.1, 0.15) is 40.2 Å². The molecule has 0 saturated carbocycles. The van der Waals surface area contributed by atoms with Gasteiger partial charge in [-0.15, -0.1) is 0 Å². The van der Waals surface area contributed by atoms with Gasteiger partial charge in [0.05, 0.1) is 12.1 Å². The average Bonchev–Trinajstić information content (AvgIpc) is 3.15. The molecule has 9 nitrogen and oxygen atoms in total. The Labute approximate surface area is 189 Å². The monoisotopic (exact) mass is 446 g/mol. The standard InChI is InChI=1S/C24H22N4O5/c1-14(22(29)27-12-21-25-10-15(11-26-21)23(30)31)28-24(32)33-13-20-18-8-4-2-6-16(18)17-7-3-5-9-19(17)20/h2-11,14,20H,12-13H2,1H3,(H,27,29)(H,28,32)(H,30,31)/t14-/m0/s1. The molecule has 1 atom stereocenters. The number of fused-ring (bicyclic) bond motifs is 3. The molecule has 1 aromatic heterocycles. The Bertz CT molecular complexity index is 1150. The van der Waals surface area contributed by atoms with Crippen LogP contribution in [0.3, 0.4) is 0 Å². The summed E-state index contributed by atoms with van der Waals surface area (Å²) in [6.07, 6.45) is 1.63. The molecule has 0 radical (unpaired) electrons. The molecular formula is C24H22N4O5. The highest BCUT2D eigenvalue weighted by Crippen LogP contribution is 2.44. The summed E-state index contributed by atoms with van der Waals surface area (Å²) in [5, 5.41) is 14.0. The van der Waals surface area contributed by atoms with Crippen LogP contribution >= 0.6 is 0 Å². The van der Waals surface area contributed by atoms with Crippen molar-refractivity contribution >= 4 is 18.0 Å². The molecule has 0 bridgehead atoms. The van der Waals surface area contributed by atoms with Crippen LogP contribution in [0, 0.1) is 0 Å². The highest BCUT2D eigenvalue weighted by Gasteiger charge is 2.29. The molecule has 2 aromatic carbocycles. The summed E-state index contributed by atoms with van der Waals surface area (Å²) >= 11 is 0. The van der Waals surface area contributed by atoms with Gasteiger partial charge in [-0.2, -0.15) is 0 Å². The van der Waals surface area contributed by atoms with Crippen LogP contribution in [-0.2, 0) is 16.1 Å². The van der Waals surface area contributed by atoms with Crippen molar-refractivity contribution in [3.05, 3.63) is 83.4 Å². The van der Waals surface area contributed by atoms with Gasteiger partial charge in [0.25, 0.3) is 0 Å². The highest BCUT2D eigenvalue weighted by atomic mass is 16.5. The van der Waals surface area contributed by atoms with Crippen LogP contribution in [0.5, 0.6) is 0 Å². The molecule has 4 rings (SSSR count). The maximum atomic E-state index is 12.3. The van der Waals surface area contributed by atoms with Crippen molar-refractivity contribution in [2.75, 3.05) is 6.61 Å². The third-order valence-electron chi connectivity index (χ3n) is 5.44. The minimum absolute atomic E-state index is 0.00452. The van der Waals surface area contributed by atoms with E-state index in [0.29, 0.717) is 0 Å². The van der Waals surface area contributed by atoms with Crippen molar-refractivity contribution < 1.29 is 24.2 Å². The minimum atomic E-state index is -1.13. The summed E-state index contributed by atoms with van der Waals surface area (Å²) in [5.41, 5.74) is 4.43. The molecule has 1 aliphatic carbocycles. The zero-order valence-electron chi connectivity index (χ0n) is 17.8. The lowest BCUT2D eigenvalue weighted by atomic mass is 9.98. The van der Waals surface area contributed by atoms with Crippen molar-refractivity contribution in [2.24, 2.45) is 0 Å². The lowest BCUT2D eigenvalue weighted by Crippen LogP contribution is -2.45. The van der Waals surface area contributed by atoms with Gasteiger partial charge in [0.1, 0.15) is 18.5 Å². The van der Waals surface area contributed by atoms with E-state index in [-0.39, 0.29) is 30.5 Å². The number of nitrogens with zero attached hydrogens (tertiary/aromatic N) is 2. The van der Waals surface area contributed by atoms with Crippen molar-refractivity contribution in [1.29, 1.82) is 0 Å². The first kappa shape index (κ1) is 21.9. The van der Waals surface area contributed by atoms with Gasteiger partial charge in [-0.25, -0.2) is 19.6 Å². The molecular weight excluding hydrogens is 424 g/mol. The van der Waals surface area contributed by atoms with Gasteiger partial charge in [-0.1, -0.05) is 48.5 Å². The van der Waals surface area contributed by atoms with Crippen molar-refractivity contribution in [2.45, 2.75) is 25.4 Å². The van der Waals surface area contributed by atoms with E-state index in [1.54, 1.807) is 0 Å². The predicted molar refractivity (Wildman–Crippen MR) is 119 cm³/mol. The van der Waals surface area contributed by atoms with Crippen molar-refractivity contribution in [1.82, 2.24) is 20.6 Å². The van der Waals surface area contributed by atoms with Crippen LogP contribution in [0.25, 0.3) is 11.1 Å². The van der Waals surface area contributed by atoms with Crippen molar-refractivity contribution in [3.8, 4) is 11.1 Å². The van der Waals surface area contributed by atoms with E-state index in [0.717, 1.165) is 34.6 Å². The summed E-state index contributed by atoms with van der Waals surface area (Å²) in [4.78, 5) is 43.2. The Balaban J connectivity index is 1.29. The van der Waals surface area contributed by atoms with Crippen LogP contribution in [0.15, 0.2) is 60.9 Å². The largest absolute Gasteiger partial charge is 0.478 e. The summed E-state index contributed by atoms with van der Waals surface area (Å²) in [6.45, 7) is 1.68. The number of carboxylic acids is 1. The molecule has 168 valence electrons. The molecule has 0 unspecified atom stereocenters. The number of nitrogens with one attached hydrogen (secondary N) is 2. The lowest BCUT2D eigenvalue weighted by Gasteiger charge is -2.17. The van der Waals surface area contributed by atoms with Gasteiger partial charge in [0.15, 0.2) is 0 Å². The molecule has 3 aromatic rings. The minimum Gasteiger partial charge on any atom is -0.478 e. The number of rotatable bonds is 7.